The van der Waals surface area contributed by atoms with Crippen LogP contribution in [-0.2, 0) is 17.7 Å². The predicted molar refractivity (Wildman–Crippen MR) is 124 cm³/mol. The molecule has 2 aromatic carbocycles. The third-order valence-electron chi connectivity index (χ3n) is 5.91. The normalized spacial score (nSPS) is 14.3. The van der Waals surface area contributed by atoms with Crippen LogP contribution in [0.2, 0.25) is 0 Å². The Balaban J connectivity index is 1.72. The van der Waals surface area contributed by atoms with E-state index in [0.29, 0.717) is 13.2 Å². The summed E-state index contributed by atoms with van der Waals surface area (Å²) in [6.45, 7) is 4.72. The summed E-state index contributed by atoms with van der Waals surface area (Å²) in [5.74, 6) is -0.0722. The number of rotatable bonds is 11. The molecule has 1 aliphatic rings. The number of methoxy groups -OCH3 is 2. The highest BCUT2D eigenvalue weighted by Gasteiger charge is 2.27. The van der Waals surface area contributed by atoms with E-state index in [0.717, 1.165) is 25.9 Å². The van der Waals surface area contributed by atoms with Gasteiger partial charge in [0.2, 0.25) is 0 Å². The highest BCUT2D eigenvalue weighted by atomic mass is 16.6. The molecule has 0 fully saturated rings. The van der Waals surface area contributed by atoms with Crippen molar-refractivity contribution in [1.82, 2.24) is 10.2 Å². The number of nitrogens with zero attached hydrogens (tertiary/aromatic N) is 2. The van der Waals surface area contributed by atoms with Crippen LogP contribution in [-0.4, -0.2) is 62.3 Å². The molecule has 0 spiro atoms. The number of benzene rings is 2. The Bertz CT molecular complexity index is 981. The van der Waals surface area contributed by atoms with E-state index >= 15 is 0 Å². The predicted octanol–water partition coefficient (Wildman–Crippen LogP) is 3.20. The van der Waals surface area contributed by atoms with Gasteiger partial charge in [-0.25, -0.2) is 0 Å². The van der Waals surface area contributed by atoms with Crippen molar-refractivity contribution < 1.29 is 23.9 Å². The molecule has 1 aliphatic heterocycles. The first kappa shape index (κ1) is 24.5. The fraction of sp³-hybridized carbons (Fsp3) is 0.458. The van der Waals surface area contributed by atoms with Crippen molar-refractivity contribution in [1.29, 1.82) is 0 Å². The van der Waals surface area contributed by atoms with E-state index in [1.54, 1.807) is 0 Å². The first-order chi connectivity index (χ1) is 16.0. The van der Waals surface area contributed by atoms with Gasteiger partial charge in [0.05, 0.1) is 24.7 Å². The highest BCUT2D eigenvalue weighted by Crippen LogP contribution is 2.35. The molecule has 0 aliphatic carbocycles. The highest BCUT2D eigenvalue weighted by molar-refractivity contribution is 5.99. The van der Waals surface area contributed by atoms with Crippen molar-refractivity contribution in [2.75, 3.05) is 40.5 Å². The first-order valence-electron chi connectivity index (χ1n) is 11.1. The second kappa shape index (κ2) is 11.6. The molecular weight excluding hydrogens is 426 g/mol. The lowest BCUT2D eigenvalue weighted by Gasteiger charge is -2.35. The van der Waals surface area contributed by atoms with E-state index in [4.69, 9.17) is 14.2 Å². The van der Waals surface area contributed by atoms with Crippen molar-refractivity contribution in [2.24, 2.45) is 0 Å². The number of carbonyl (C=O) groups excluding carboxylic acids is 1. The lowest BCUT2D eigenvalue weighted by atomic mass is 9.98. The van der Waals surface area contributed by atoms with Crippen LogP contribution in [0.1, 0.15) is 34.8 Å². The van der Waals surface area contributed by atoms with Gasteiger partial charge in [0, 0.05) is 38.9 Å². The summed E-state index contributed by atoms with van der Waals surface area (Å²) in [6, 6.07) is 11.1. The Kier molecular flexibility index (Phi) is 8.62. The molecule has 0 radical (unpaired) electrons. The molecule has 0 saturated heterocycles. The maximum atomic E-state index is 13.0. The van der Waals surface area contributed by atoms with Gasteiger partial charge < -0.3 is 19.5 Å². The zero-order chi connectivity index (χ0) is 23.8. The first-order valence-corrected chi connectivity index (χ1v) is 11.1. The quantitative estimate of drug-likeness (QED) is 0.314. The van der Waals surface area contributed by atoms with E-state index < -0.39 is 10.8 Å². The topological polar surface area (TPSA) is 103 Å². The Morgan fingerprint density at radius 3 is 2.61 bits per heavy atom. The second-order valence-electron chi connectivity index (χ2n) is 7.88. The van der Waals surface area contributed by atoms with Gasteiger partial charge in [-0.05, 0) is 24.0 Å². The Morgan fingerprint density at radius 1 is 1.18 bits per heavy atom. The summed E-state index contributed by atoms with van der Waals surface area (Å²) in [5.41, 5.74) is 2.27. The summed E-state index contributed by atoms with van der Waals surface area (Å²) >= 11 is 0. The van der Waals surface area contributed by atoms with Crippen molar-refractivity contribution in [3.8, 4) is 11.5 Å². The molecule has 1 N–H and O–H groups in total. The van der Waals surface area contributed by atoms with Gasteiger partial charge >= 0.3 is 0 Å². The zero-order valence-electron chi connectivity index (χ0n) is 19.3. The Morgan fingerprint density at radius 2 is 1.94 bits per heavy atom. The van der Waals surface area contributed by atoms with E-state index in [-0.39, 0.29) is 35.4 Å². The van der Waals surface area contributed by atoms with Crippen molar-refractivity contribution in [3.63, 3.8) is 0 Å². The number of ether oxygens (including phenoxy) is 3. The summed E-state index contributed by atoms with van der Waals surface area (Å²) < 4.78 is 15.8. The van der Waals surface area contributed by atoms with Gasteiger partial charge in [0.15, 0.2) is 11.5 Å². The maximum absolute atomic E-state index is 13.0. The largest absolute Gasteiger partial charge is 0.493 e. The fourth-order valence-corrected chi connectivity index (χ4v) is 4.06. The molecule has 33 heavy (non-hydrogen) atoms. The third-order valence-corrected chi connectivity index (χ3v) is 5.91. The van der Waals surface area contributed by atoms with Gasteiger partial charge in [0.25, 0.3) is 11.6 Å². The number of nitrogens with one attached hydrogen (secondary N) is 1. The summed E-state index contributed by atoms with van der Waals surface area (Å²) in [7, 11) is 2.95. The smallest absolute Gasteiger partial charge is 0.286 e. The van der Waals surface area contributed by atoms with Crippen molar-refractivity contribution in [3.05, 3.63) is 63.2 Å². The van der Waals surface area contributed by atoms with Gasteiger partial charge in [-0.1, -0.05) is 31.2 Å². The van der Waals surface area contributed by atoms with Crippen LogP contribution in [0.25, 0.3) is 0 Å². The van der Waals surface area contributed by atoms with Crippen LogP contribution >= 0.6 is 0 Å². The Labute approximate surface area is 193 Å². The van der Waals surface area contributed by atoms with Crippen LogP contribution in [0.3, 0.4) is 0 Å². The molecule has 0 aromatic heterocycles. The van der Waals surface area contributed by atoms with E-state index in [1.807, 2.05) is 6.07 Å². The lowest BCUT2D eigenvalue weighted by Crippen LogP contribution is -2.45. The minimum absolute atomic E-state index is 0.0604. The van der Waals surface area contributed by atoms with Crippen LogP contribution in [0, 0.1) is 10.1 Å². The number of amides is 1. The molecule has 0 saturated carbocycles. The van der Waals surface area contributed by atoms with Gasteiger partial charge in [-0.15, -0.1) is 0 Å². The number of fused-ring (bicyclic) bond motifs is 1. The fourth-order valence-electron chi connectivity index (χ4n) is 4.06. The molecule has 3 rings (SSSR count). The molecular formula is C24H31N3O6. The van der Waals surface area contributed by atoms with Crippen molar-refractivity contribution in [2.45, 2.75) is 32.4 Å². The van der Waals surface area contributed by atoms with Gasteiger partial charge in [-0.2, -0.15) is 0 Å². The standard InChI is InChI=1S/C24H31N3O6/c1-4-19(26-10-9-17-7-5-6-8-18(17)16-26)15-25-24(28)20-13-22(32-3)23(33-12-11-31-2)14-21(20)27(29)30/h5-8,13-14,19H,4,9-12,15-16H2,1-3H3,(H,25,28). The number of hydrogen-bond donors (Lipinski definition) is 1. The second-order valence-corrected chi connectivity index (χ2v) is 7.88. The van der Waals surface area contributed by atoms with E-state index in [2.05, 4.69) is 35.3 Å². The Hall–Kier alpha value is -3.17. The average molecular weight is 458 g/mol. The van der Waals surface area contributed by atoms with Crippen LogP contribution in [0.4, 0.5) is 5.69 Å². The van der Waals surface area contributed by atoms with E-state index in [9.17, 15) is 14.9 Å². The number of hydrogen-bond acceptors (Lipinski definition) is 7. The van der Waals surface area contributed by atoms with Gasteiger partial charge in [-0.3, -0.25) is 19.8 Å². The summed E-state index contributed by atoms with van der Waals surface area (Å²) in [4.78, 5) is 26.4. The molecule has 9 heteroatoms. The molecule has 1 unspecified atom stereocenters. The lowest BCUT2D eigenvalue weighted by molar-refractivity contribution is -0.385. The summed E-state index contributed by atoms with van der Waals surface area (Å²) in [5, 5.41) is 14.6. The average Bonchev–Trinajstić information content (AvgIpc) is 2.83. The van der Waals surface area contributed by atoms with Crippen molar-refractivity contribution >= 4 is 11.6 Å². The molecule has 9 nitrogen and oxygen atoms in total. The monoisotopic (exact) mass is 457 g/mol. The summed E-state index contributed by atoms with van der Waals surface area (Å²) in [6.07, 6.45) is 1.81. The minimum Gasteiger partial charge on any atom is -0.493 e. The SMILES string of the molecule is CCC(CNC(=O)c1cc(OC)c(OCCOC)cc1[N+](=O)[O-])N1CCc2ccccc2C1. The molecule has 2 aromatic rings. The minimum atomic E-state index is -0.587. The van der Waals surface area contributed by atoms with E-state index in [1.165, 1.54) is 37.5 Å². The number of nitro benzene ring substituents is 1. The van der Waals surface area contributed by atoms with Crippen LogP contribution in [0.15, 0.2) is 36.4 Å². The molecule has 1 amide bonds. The maximum Gasteiger partial charge on any atom is 0.286 e. The van der Waals surface area contributed by atoms with Gasteiger partial charge in [0.1, 0.15) is 12.2 Å². The number of nitro groups is 1. The third kappa shape index (κ3) is 6.00. The number of carbonyl (C=O) groups is 1. The molecule has 1 heterocycles. The van der Waals surface area contributed by atoms with Crippen LogP contribution < -0.4 is 14.8 Å². The molecule has 1 atom stereocenters. The van der Waals surface area contributed by atoms with Crippen LogP contribution in [0.5, 0.6) is 11.5 Å². The zero-order valence-corrected chi connectivity index (χ0v) is 19.3. The molecule has 178 valence electrons. The molecule has 0 bridgehead atoms.